The van der Waals surface area contributed by atoms with Crippen molar-refractivity contribution in [3.8, 4) is 0 Å². The van der Waals surface area contributed by atoms with Crippen molar-refractivity contribution in [3.05, 3.63) is 0 Å². The van der Waals surface area contributed by atoms with Crippen LogP contribution in [-0.2, 0) is 0 Å². The number of hydrogen-bond acceptors (Lipinski definition) is 4. The molecule has 0 radical (unpaired) electrons. The van der Waals surface area contributed by atoms with Gasteiger partial charge in [0.2, 0.25) is 0 Å². The van der Waals surface area contributed by atoms with Crippen LogP contribution in [0, 0.1) is 0 Å². The summed E-state index contributed by atoms with van der Waals surface area (Å²) in [6.07, 6.45) is 1.40. The van der Waals surface area contributed by atoms with Crippen LogP contribution in [0.4, 0.5) is 0 Å². The van der Waals surface area contributed by atoms with Crippen LogP contribution in [0.25, 0.3) is 0 Å². The molecule has 3 rings (SSSR count). The maximum absolute atomic E-state index is 4.34. The molecule has 0 amide bonds. The molecule has 3 aliphatic rings. The molecule has 0 aliphatic carbocycles. The molecular formula is C8H15IN2S2. The Kier molecular flexibility index (Phi) is 3.12. The number of nitrogens with zero attached hydrogens (tertiary/aromatic N) is 2. The molecule has 76 valence electrons. The molecule has 3 aliphatic heterocycles. The Balaban J connectivity index is 1.99. The number of thiol groups is 1. The maximum Gasteiger partial charge on any atom is 0.0715 e. The highest BCUT2D eigenvalue weighted by molar-refractivity contribution is 14.1. The van der Waals surface area contributed by atoms with E-state index in [4.69, 9.17) is 0 Å². The second kappa shape index (κ2) is 3.73. The van der Waals surface area contributed by atoms with Gasteiger partial charge in [0.05, 0.1) is 4.87 Å². The lowest BCUT2D eigenvalue weighted by molar-refractivity contribution is -0.00833. The van der Waals surface area contributed by atoms with Gasteiger partial charge in [0.1, 0.15) is 0 Å². The summed E-state index contributed by atoms with van der Waals surface area (Å²) in [5, 5.41) is 0. The molecule has 0 aromatic heterocycles. The van der Waals surface area contributed by atoms with Crippen LogP contribution in [0.5, 0.6) is 0 Å². The third kappa shape index (κ3) is 1.87. The Bertz CT molecular complexity index is 200. The summed E-state index contributed by atoms with van der Waals surface area (Å²) < 4.78 is 2.48. The highest BCUT2D eigenvalue weighted by atomic mass is 127. The molecule has 3 fully saturated rings. The average Bonchev–Trinajstić information content (AvgIpc) is 2.17. The number of piperazine rings is 1. The van der Waals surface area contributed by atoms with Crippen molar-refractivity contribution < 1.29 is 0 Å². The summed E-state index contributed by atoms with van der Waals surface area (Å²) in [5.74, 6) is 0. The van der Waals surface area contributed by atoms with Crippen LogP contribution < -0.4 is 0 Å². The molecule has 2 atom stereocenters. The first-order valence-electron chi connectivity index (χ1n) is 4.56. The van der Waals surface area contributed by atoms with Gasteiger partial charge in [0.25, 0.3) is 0 Å². The monoisotopic (exact) mass is 330 g/mol. The van der Waals surface area contributed by atoms with Crippen molar-refractivity contribution in [2.75, 3.05) is 13.1 Å². The second-order valence-corrected chi connectivity index (χ2v) is 7.17. The zero-order valence-electron chi connectivity index (χ0n) is 7.90. The summed E-state index contributed by atoms with van der Waals surface area (Å²) in [7, 11) is 1.66. The lowest BCUT2D eigenvalue weighted by Gasteiger charge is -2.56. The van der Waals surface area contributed by atoms with E-state index in [1.54, 1.807) is 10.8 Å². The lowest BCUT2D eigenvalue weighted by Crippen LogP contribution is -2.67. The Morgan fingerprint density at radius 2 is 1.92 bits per heavy atom. The highest BCUT2D eigenvalue weighted by Gasteiger charge is 2.46. The third-order valence-corrected chi connectivity index (χ3v) is 6.71. The summed E-state index contributed by atoms with van der Waals surface area (Å²) in [4.78, 5) is 2.75. The van der Waals surface area contributed by atoms with E-state index in [9.17, 15) is 0 Å². The number of fused-ring (bicyclic) bond motifs is 2. The molecular weight excluding hydrogens is 315 g/mol. The number of rotatable bonds is 2. The molecule has 2 nitrogen and oxygen atoms in total. The van der Waals surface area contributed by atoms with E-state index in [0.29, 0.717) is 0 Å². The van der Waals surface area contributed by atoms with Crippen LogP contribution >= 0.6 is 45.3 Å². The summed E-state index contributed by atoms with van der Waals surface area (Å²) in [5.41, 5.74) is 0. The predicted molar refractivity (Wildman–Crippen MR) is 70.3 cm³/mol. The molecule has 0 spiro atoms. The molecule has 3 heterocycles. The van der Waals surface area contributed by atoms with E-state index in [2.05, 4.69) is 56.4 Å². The molecule has 0 N–H and O–H groups in total. The molecule has 2 unspecified atom stereocenters. The van der Waals surface area contributed by atoms with Crippen molar-refractivity contribution in [3.63, 3.8) is 0 Å². The number of hydrogen-bond donors (Lipinski definition) is 1. The van der Waals surface area contributed by atoms with E-state index >= 15 is 0 Å². The molecule has 13 heavy (non-hydrogen) atoms. The zero-order valence-corrected chi connectivity index (χ0v) is 11.8. The lowest BCUT2D eigenvalue weighted by atomic mass is 9.90. The van der Waals surface area contributed by atoms with E-state index in [0.717, 1.165) is 12.1 Å². The molecule has 0 aromatic rings. The average molecular weight is 330 g/mol. The summed E-state index contributed by atoms with van der Waals surface area (Å²) >= 11 is 6.80. The van der Waals surface area contributed by atoms with Crippen molar-refractivity contribution in [2.24, 2.45) is 0 Å². The third-order valence-electron chi connectivity index (χ3n) is 3.09. The van der Waals surface area contributed by atoms with E-state index in [1.807, 2.05) is 0 Å². The predicted octanol–water partition coefficient (Wildman–Crippen LogP) is 2.41. The van der Waals surface area contributed by atoms with Crippen molar-refractivity contribution in [1.82, 2.24) is 8.01 Å². The van der Waals surface area contributed by atoms with Crippen LogP contribution in [-0.4, -0.2) is 38.1 Å². The zero-order chi connectivity index (χ0) is 9.64. The van der Waals surface area contributed by atoms with Crippen molar-refractivity contribution >= 4 is 45.3 Å². The first-order valence-corrected chi connectivity index (χ1v) is 7.39. The molecule has 2 bridgehead atoms. The van der Waals surface area contributed by atoms with Gasteiger partial charge in [-0.25, -0.2) is 3.11 Å². The fourth-order valence-electron chi connectivity index (χ4n) is 2.06. The van der Waals surface area contributed by atoms with E-state index in [1.165, 1.54) is 19.5 Å². The van der Waals surface area contributed by atoms with Crippen LogP contribution in [0.3, 0.4) is 0 Å². The van der Waals surface area contributed by atoms with Gasteiger partial charge in [0, 0.05) is 48.0 Å². The SMILES string of the molecule is CC(C)(SS)N1CC2CC(C1)N2I. The van der Waals surface area contributed by atoms with Gasteiger partial charge in [-0.05, 0) is 20.3 Å². The Hall–Kier alpha value is 1.35. The summed E-state index contributed by atoms with van der Waals surface area (Å²) in [6, 6.07) is 1.58. The van der Waals surface area contributed by atoms with Gasteiger partial charge >= 0.3 is 0 Å². The molecule has 0 aromatic carbocycles. The first kappa shape index (κ1) is 10.9. The molecule has 0 saturated carbocycles. The van der Waals surface area contributed by atoms with Crippen LogP contribution in [0.2, 0.25) is 0 Å². The fourth-order valence-corrected chi connectivity index (χ4v) is 3.48. The Labute approximate surface area is 103 Å². The van der Waals surface area contributed by atoms with Gasteiger partial charge in [0.15, 0.2) is 0 Å². The second-order valence-electron chi connectivity index (χ2n) is 4.33. The van der Waals surface area contributed by atoms with E-state index < -0.39 is 0 Å². The van der Waals surface area contributed by atoms with Crippen LogP contribution in [0.1, 0.15) is 20.3 Å². The number of halogens is 1. The van der Waals surface area contributed by atoms with E-state index in [-0.39, 0.29) is 4.87 Å². The standard InChI is InChI=1S/C8H15IN2S2/c1-8(2,13-12)10-4-6-3-7(5-10)11(6)9/h6-7,12H,3-5H2,1-2H3. The van der Waals surface area contributed by atoms with Gasteiger partial charge in [-0.1, -0.05) is 10.8 Å². The first-order chi connectivity index (χ1) is 6.04. The fraction of sp³-hybridized carbons (Fsp3) is 1.00. The molecule has 5 heteroatoms. The van der Waals surface area contributed by atoms with Gasteiger partial charge in [-0.3, -0.25) is 4.90 Å². The van der Waals surface area contributed by atoms with Crippen LogP contribution in [0.15, 0.2) is 0 Å². The topological polar surface area (TPSA) is 6.48 Å². The minimum absolute atomic E-state index is 0.192. The quantitative estimate of drug-likeness (QED) is 0.360. The normalized spacial score (nSPS) is 36.0. The van der Waals surface area contributed by atoms with Gasteiger partial charge < -0.3 is 0 Å². The van der Waals surface area contributed by atoms with Gasteiger partial charge in [-0.15, -0.1) is 11.7 Å². The highest BCUT2D eigenvalue weighted by Crippen LogP contribution is 2.41. The van der Waals surface area contributed by atoms with Gasteiger partial charge in [-0.2, -0.15) is 0 Å². The van der Waals surface area contributed by atoms with Crippen molar-refractivity contribution in [2.45, 2.75) is 37.2 Å². The van der Waals surface area contributed by atoms with Crippen molar-refractivity contribution in [1.29, 1.82) is 0 Å². The minimum atomic E-state index is 0.192. The largest absolute Gasteiger partial charge is 0.286 e. The Morgan fingerprint density at radius 1 is 1.38 bits per heavy atom. The summed E-state index contributed by atoms with van der Waals surface area (Å²) in [6.45, 7) is 6.93. The number of piperidine rings is 1. The Morgan fingerprint density at radius 3 is 2.31 bits per heavy atom. The maximum atomic E-state index is 4.34. The molecule has 3 saturated heterocycles. The minimum Gasteiger partial charge on any atom is -0.286 e. The smallest absolute Gasteiger partial charge is 0.0715 e.